The average molecular weight is 375 g/mol. The number of carbonyl (C=O) groups is 2. The van der Waals surface area contributed by atoms with Gasteiger partial charge in [0.05, 0.1) is 5.56 Å². The van der Waals surface area contributed by atoms with E-state index in [0.717, 1.165) is 5.69 Å². The molecule has 1 aliphatic rings. The molecule has 26 heavy (non-hydrogen) atoms. The van der Waals surface area contributed by atoms with Crippen molar-refractivity contribution in [2.45, 2.75) is 0 Å². The fraction of sp³-hybridized carbons (Fsp3) is 0.263. The first kappa shape index (κ1) is 18.1. The molecular weight excluding hydrogens is 356 g/mol. The van der Waals surface area contributed by atoms with Gasteiger partial charge in [-0.1, -0.05) is 17.7 Å². The van der Waals surface area contributed by atoms with Crippen LogP contribution in [0.15, 0.2) is 48.5 Å². The van der Waals surface area contributed by atoms with Crippen LogP contribution >= 0.6 is 11.6 Å². The summed E-state index contributed by atoms with van der Waals surface area (Å²) in [5.41, 5.74) is 1.22. The number of piperazine rings is 1. The predicted octanol–water partition coefficient (Wildman–Crippen LogP) is 2.77. The summed E-state index contributed by atoms with van der Waals surface area (Å²) in [5.74, 6) is -0.430. The highest BCUT2D eigenvalue weighted by atomic mass is 35.5. The fourth-order valence-electron chi connectivity index (χ4n) is 2.82. The Bertz CT molecular complexity index is 786. The lowest BCUT2D eigenvalue weighted by Gasteiger charge is -2.36. The number of hydrogen-bond acceptors (Lipinski definition) is 4. The van der Waals surface area contributed by atoms with Crippen molar-refractivity contribution >= 4 is 29.2 Å². The maximum absolute atomic E-state index is 12.3. The highest BCUT2D eigenvalue weighted by Gasteiger charge is 2.21. The Labute approximate surface area is 156 Å². The van der Waals surface area contributed by atoms with Gasteiger partial charge in [-0.25, -0.2) is 4.79 Å². The molecule has 0 spiro atoms. The van der Waals surface area contributed by atoms with Gasteiger partial charge >= 0.3 is 5.97 Å². The van der Waals surface area contributed by atoms with Crippen molar-refractivity contribution in [2.24, 2.45) is 0 Å². The lowest BCUT2D eigenvalue weighted by molar-refractivity contribution is -0.133. The zero-order valence-electron chi connectivity index (χ0n) is 14.1. The third-order valence-electron chi connectivity index (χ3n) is 4.27. The first-order chi connectivity index (χ1) is 12.5. The minimum Gasteiger partial charge on any atom is -0.484 e. The van der Waals surface area contributed by atoms with Crippen LogP contribution < -0.4 is 9.64 Å². The zero-order chi connectivity index (χ0) is 18.5. The monoisotopic (exact) mass is 374 g/mol. The Morgan fingerprint density at radius 3 is 2.35 bits per heavy atom. The van der Waals surface area contributed by atoms with Crippen LogP contribution in [0, 0.1) is 0 Å². The number of aromatic carboxylic acids is 1. The molecule has 1 saturated heterocycles. The van der Waals surface area contributed by atoms with Crippen LogP contribution in [-0.4, -0.2) is 54.7 Å². The number of rotatable bonds is 5. The van der Waals surface area contributed by atoms with E-state index in [1.165, 1.54) is 0 Å². The van der Waals surface area contributed by atoms with Gasteiger partial charge in [0.1, 0.15) is 5.75 Å². The molecule has 6 nitrogen and oxygen atoms in total. The summed E-state index contributed by atoms with van der Waals surface area (Å²) in [4.78, 5) is 27.1. The number of ether oxygens (including phenoxy) is 1. The summed E-state index contributed by atoms with van der Waals surface area (Å²) < 4.78 is 5.50. The Hall–Kier alpha value is -2.73. The van der Waals surface area contributed by atoms with E-state index >= 15 is 0 Å². The summed E-state index contributed by atoms with van der Waals surface area (Å²) in [5, 5.41) is 9.52. The SMILES string of the molecule is O=C(O)c1ccc(N2CCN(C(=O)COc3cccc(Cl)c3)CC2)cc1. The molecule has 0 aromatic heterocycles. The van der Waals surface area contributed by atoms with E-state index in [4.69, 9.17) is 21.4 Å². The van der Waals surface area contributed by atoms with Crippen molar-refractivity contribution in [3.8, 4) is 5.75 Å². The smallest absolute Gasteiger partial charge is 0.335 e. The molecule has 1 N–H and O–H groups in total. The second-order valence-electron chi connectivity index (χ2n) is 5.97. The summed E-state index contributed by atoms with van der Waals surface area (Å²) in [7, 11) is 0. The molecule has 1 amide bonds. The number of halogens is 1. The van der Waals surface area contributed by atoms with Gasteiger partial charge in [-0.3, -0.25) is 4.79 Å². The van der Waals surface area contributed by atoms with E-state index in [2.05, 4.69) is 4.90 Å². The lowest BCUT2D eigenvalue weighted by atomic mass is 10.2. The maximum atomic E-state index is 12.3. The molecule has 7 heteroatoms. The quantitative estimate of drug-likeness (QED) is 0.871. The topological polar surface area (TPSA) is 70.1 Å². The lowest BCUT2D eigenvalue weighted by Crippen LogP contribution is -2.50. The Morgan fingerprint density at radius 1 is 1.04 bits per heavy atom. The molecule has 1 fully saturated rings. The van der Waals surface area contributed by atoms with Gasteiger partial charge in [0.25, 0.3) is 5.91 Å². The number of benzene rings is 2. The second-order valence-corrected chi connectivity index (χ2v) is 6.40. The first-order valence-corrected chi connectivity index (χ1v) is 8.65. The minimum atomic E-state index is -0.938. The molecule has 0 bridgehead atoms. The third-order valence-corrected chi connectivity index (χ3v) is 4.51. The number of amides is 1. The molecule has 0 radical (unpaired) electrons. The van der Waals surface area contributed by atoms with Crippen molar-refractivity contribution in [3.63, 3.8) is 0 Å². The molecule has 0 saturated carbocycles. The van der Waals surface area contributed by atoms with Gasteiger partial charge < -0.3 is 19.6 Å². The van der Waals surface area contributed by atoms with E-state index in [1.807, 2.05) is 0 Å². The van der Waals surface area contributed by atoms with E-state index in [1.54, 1.807) is 53.4 Å². The first-order valence-electron chi connectivity index (χ1n) is 8.27. The molecule has 1 heterocycles. The van der Waals surface area contributed by atoms with Gasteiger partial charge in [-0.05, 0) is 42.5 Å². The average Bonchev–Trinajstić information content (AvgIpc) is 2.66. The number of carboxylic acids is 1. The van der Waals surface area contributed by atoms with Crippen molar-refractivity contribution in [1.29, 1.82) is 0 Å². The predicted molar refractivity (Wildman–Crippen MR) is 99.1 cm³/mol. The molecular formula is C19H19ClN2O4. The number of hydrogen-bond donors (Lipinski definition) is 1. The number of anilines is 1. The summed E-state index contributed by atoms with van der Waals surface area (Å²) in [6.07, 6.45) is 0. The number of carboxylic acid groups (broad SMARTS) is 1. The van der Waals surface area contributed by atoms with Gasteiger partial charge in [-0.15, -0.1) is 0 Å². The molecule has 0 unspecified atom stereocenters. The molecule has 136 valence electrons. The summed E-state index contributed by atoms with van der Waals surface area (Å²) >= 11 is 5.90. The second kappa shape index (κ2) is 8.10. The van der Waals surface area contributed by atoms with Crippen LogP contribution in [0.4, 0.5) is 5.69 Å². The van der Waals surface area contributed by atoms with Crippen LogP contribution in [-0.2, 0) is 4.79 Å². The third kappa shape index (κ3) is 4.46. The molecule has 2 aromatic rings. The highest BCUT2D eigenvalue weighted by molar-refractivity contribution is 6.30. The Kier molecular flexibility index (Phi) is 5.63. The fourth-order valence-corrected chi connectivity index (χ4v) is 3.00. The van der Waals surface area contributed by atoms with Crippen molar-refractivity contribution in [3.05, 3.63) is 59.1 Å². The minimum absolute atomic E-state index is 0.0202. The van der Waals surface area contributed by atoms with Gasteiger partial charge in [0, 0.05) is 36.9 Å². The van der Waals surface area contributed by atoms with Crippen molar-refractivity contribution < 1.29 is 19.4 Å². The van der Waals surface area contributed by atoms with Crippen molar-refractivity contribution in [1.82, 2.24) is 4.90 Å². The molecule has 0 atom stereocenters. The van der Waals surface area contributed by atoms with Crippen LogP contribution in [0.3, 0.4) is 0 Å². The largest absolute Gasteiger partial charge is 0.484 e. The molecule has 0 aliphatic carbocycles. The van der Waals surface area contributed by atoms with Gasteiger partial charge in [0.2, 0.25) is 0 Å². The number of nitrogens with zero attached hydrogens (tertiary/aromatic N) is 2. The molecule has 1 aliphatic heterocycles. The van der Waals surface area contributed by atoms with E-state index in [9.17, 15) is 9.59 Å². The summed E-state index contributed by atoms with van der Waals surface area (Å²) in [6.45, 7) is 2.55. The number of carbonyl (C=O) groups excluding carboxylic acids is 1. The standard InChI is InChI=1S/C19H19ClN2O4/c20-15-2-1-3-17(12-15)26-13-18(23)22-10-8-21(9-11-22)16-6-4-14(5-7-16)19(24)25/h1-7,12H,8-11,13H2,(H,24,25). The normalized spacial score (nSPS) is 14.2. The van der Waals surface area contributed by atoms with E-state index in [0.29, 0.717) is 37.0 Å². The van der Waals surface area contributed by atoms with Crippen LogP contribution in [0.5, 0.6) is 5.75 Å². The Balaban J connectivity index is 1.49. The van der Waals surface area contributed by atoms with Crippen molar-refractivity contribution in [2.75, 3.05) is 37.7 Å². The molecule has 2 aromatic carbocycles. The van der Waals surface area contributed by atoms with Crippen LogP contribution in [0.2, 0.25) is 5.02 Å². The van der Waals surface area contributed by atoms with Gasteiger partial charge in [-0.2, -0.15) is 0 Å². The zero-order valence-corrected chi connectivity index (χ0v) is 14.9. The highest BCUT2D eigenvalue weighted by Crippen LogP contribution is 2.19. The van der Waals surface area contributed by atoms with E-state index < -0.39 is 5.97 Å². The van der Waals surface area contributed by atoms with Crippen LogP contribution in [0.25, 0.3) is 0 Å². The summed E-state index contributed by atoms with van der Waals surface area (Å²) in [6, 6.07) is 13.7. The Morgan fingerprint density at radius 2 is 1.73 bits per heavy atom. The maximum Gasteiger partial charge on any atom is 0.335 e. The van der Waals surface area contributed by atoms with Crippen LogP contribution in [0.1, 0.15) is 10.4 Å². The molecule has 3 rings (SSSR count). The van der Waals surface area contributed by atoms with E-state index in [-0.39, 0.29) is 18.1 Å². The van der Waals surface area contributed by atoms with Gasteiger partial charge in [0.15, 0.2) is 6.61 Å².